The molecular formula is C27H39N3O3. The van der Waals surface area contributed by atoms with E-state index >= 15 is 0 Å². The zero-order chi connectivity index (χ0) is 23.9. The maximum absolute atomic E-state index is 12.8. The molecule has 0 spiro atoms. The first kappa shape index (κ1) is 26.2. The molecule has 0 saturated heterocycles. The Labute approximate surface area is 198 Å². The van der Waals surface area contributed by atoms with Gasteiger partial charge in [0.25, 0.3) is 5.91 Å². The van der Waals surface area contributed by atoms with E-state index in [9.17, 15) is 9.59 Å². The van der Waals surface area contributed by atoms with Gasteiger partial charge in [0.1, 0.15) is 5.75 Å². The van der Waals surface area contributed by atoms with E-state index in [-0.39, 0.29) is 18.4 Å². The van der Waals surface area contributed by atoms with Crippen molar-refractivity contribution in [2.24, 2.45) is 0 Å². The number of benzene rings is 2. The lowest BCUT2D eigenvalue weighted by Gasteiger charge is -2.21. The molecule has 0 saturated carbocycles. The van der Waals surface area contributed by atoms with Crippen LogP contribution in [0.4, 0.5) is 11.4 Å². The third kappa shape index (κ3) is 9.56. The first-order valence-corrected chi connectivity index (χ1v) is 12.2. The van der Waals surface area contributed by atoms with Crippen LogP contribution in [-0.2, 0) is 4.79 Å². The Morgan fingerprint density at radius 2 is 1.58 bits per heavy atom. The van der Waals surface area contributed by atoms with E-state index < -0.39 is 0 Å². The summed E-state index contributed by atoms with van der Waals surface area (Å²) in [6, 6.07) is 14.8. The molecule has 180 valence electrons. The maximum atomic E-state index is 12.8. The van der Waals surface area contributed by atoms with Crippen LogP contribution in [0.1, 0.15) is 69.7 Å². The first-order valence-electron chi connectivity index (χ1n) is 12.2. The minimum Gasteiger partial charge on any atom is -0.494 e. The molecule has 2 aromatic carbocycles. The molecule has 0 aliphatic heterocycles. The summed E-state index contributed by atoms with van der Waals surface area (Å²) in [6.07, 6.45) is 6.49. The highest BCUT2D eigenvalue weighted by atomic mass is 16.5. The minimum absolute atomic E-state index is 0.000525. The molecule has 6 heteroatoms. The van der Waals surface area contributed by atoms with Gasteiger partial charge >= 0.3 is 0 Å². The average Bonchev–Trinajstić information content (AvgIpc) is 2.82. The number of unbranched alkanes of at least 4 members (excludes halogenated alkanes) is 3. The Morgan fingerprint density at radius 3 is 2.30 bits per heavy atom. The van der Waals surface area contributed by atoms with E-state index in [0.29, 0.717) is 17.9 Å². The summed E-state index contributed by atoms with van der Waals surface area (Å²) in [5.74, 6) is 0.621. The molecule has 0 radical (unpaired) electrons. The number of hydrogen-bond donors (Lipinski definition) is 2. The van der Waals surface area contributed by atoms with Crippen LogP contribution in [0.2, 0.25) is 0 Å². The predicted molar refractivity (Wildman–Crippen MR) is 136 cm³/mol. The molecule has 0 unspecified atom stereocenters. The zero-order valence-corrected chi connectivity index (χ0v) is 20.4. The van der Waals surface area contributed by atoms with Crippen molar-refractivity contribution < 1.29 is 14.3 Å². The monoisotopic (exact) mass is 453 g/mol. The molecule has 6 nitrogen and oxygen atoms in total. The third-order valence-electron chi connectivity index (χ3n) is 5.22. The van der Waals surface area contributed by atoms with Gasteiger partial charge in [-0.05, 0) is 49.6 Å². The van der Waals surface area contributed by atoms with Crippen molar-refractivity contribution in [3.8, 4) is 5.75 Å². The van der Waals surface area contributed by atoms with E-state index in [4.69, 9.17) is 4.74 Å². The van der Waals surface area contributed by atoms with Crippen molar-refractivity contribution >= 4 is 23.2 Å². The average molecular weight is 454 g/mol. The molecule has 2 rings (SSSR count). The fraction of sp³-hybridized carbons (Fsp3) is 0.481. The molecule has 0 aliphatic carbocycles. The number of carbonyl (C=O) groups excluding carboxylic acids is 2. The van der Waals surface area contributed by atoms with Crippen LogP contribution < -0.4 is 15.4 Å². The zero-order valence-electron chi connectivity index (χ0n) is 20.4. The lowest BCUT2D eigenvalue weighted by molar-refractivity contribution is -0.114. The molecule has 2 amide bonds. The molecule has 0 fully saturated rings. The molecule has 2 aromatic rings. The number of hydrogen-bond acceptors (Lipinski definition) is 4. The molecule has 33 heavy (non-hydrogen) atoms. The Kier molecular flexibility index (Phi) is 11.9. The summed E-state index contributed by atoms with van der Waals surface area (Å²) < 4.78 is 5.81. The van der Waals surface area contributed by atoms with Crippen molar-refractivity contribution in [1.82, 2.24) is 4.90 Å². The van der Waals surface area contributed by atoms with E-state index in [0.717, 1.165) is 43.8 Å². The molecule has 0 heterocycles. The van der Waals surface area contributed by atoms with Gasteiger partial charge in [0.05, 0.1) is 13.2 Å². The summed E-state index contributed by atoms with van der Waals surface area (Å²) >= 11 is 0. The summed E-state index contributed by atoms with van der Waals surface area (Å²) in [5.41, 5.74) is 2.03. The Morgan fingerprint density at radius 1 is 0.848 bits per heavy atom. The van der Waals surface area contributed by atoms with Gasteiger partial charge in [-0.1, -0.05) is 52.2 Å². The Bertz CT molecular complexity index is 863. The van der Waals surface area contributed by atoms with Gasteiger partial charge in [-0.25, -0.2) is 0 Å². The highest BCUT2D eigenvalue weighted by Crippen LogP contribution is 2.18. The van der Waals surface area contributed by atoms with Crippen molar-refractivity contribution in [2.45, 2.75) is 59.3 Å². The highest BCUT2D eigenvalue weighted by molar-refractivity contribution is 5.98. The Balaban J connectivity index is 1.87. The number of nitrogens with one attached hydrogen (secondary N) is 2. The predicted octanol–water partition coefficient (Wildman–Crippen LogP) is 5.96. The van der Waals surface area contributed by atoms with Gasteiger partial charge in [0.2, 0.25) is 5.91 Å². The van der Waals surface area contributed by atoms with Crippen LogP contribution in [0.3, 0.4) is 0 Å². The minimum atomic E-state index is -0.176. The maximum Gasteiger partial charge on any atom is 0.253 e. The highest BCUT2D eigenvalue weighted by Gasteiger charge is 2.15. The second-order valence-corrected chi connectivity index (χ2v) is 8.21. The standard InChI is InChI=1S/C27H39N3O3/c1-4-7-8-9-18-33-25-15-11-13-23(20-25)28-21-26(31)29-24-14-10-12-22(19-24)27(32)30(16-5-2)17-6-3/h10-15,19-20,28H,4-9,16-18,21H2,1-3H3,(H,29,31). The molecule has 0 atom stereocenters. The Hall–Kier alpha value is -3.02. The number of nitrogens with zero attached hydrogens (tertiary/aromatic N) is 1. The third-order valence-corrected chi connectivity index (χ3v) is 5.22. The summed E-state index contributed by atoms with van der Waals surface area (Å²) in [7, 11) is 0. The van der Waals surface area contributed by atoms with Crippen molar-refractivity contribution in [3.63, 3.8) is 0 Å². The van der Waals surface area contributed by atoms with Crippen molar-refractivity contribution in [1.29, 1.82) is 0 Å². The smallest absolute Gasteiger partial charge is 0.253 e. The second-order valence-electron chi connectivity index (χ2n) is 8.21. The number of rotatable bonds is 15. The molecular weight excluding hydrogens is 414 g/mol. The van der Waals surface area contributed by atoms with Gasteiger partial charge in [-0.3, -0.25) is 9.59 Å². The van der Waals surface area contributed by atoms with Crippen LogP contribution in [0.25, 0.3) is 0 Å². The lowest BCUT2D eigenvalue weighted by atomic mass is 10.1. The second kappa shape index (κ2) is 14.9. The lowest BCUT2D eigenvalue weighted by Crippen LogP contribution is -2.32. The fourth-order valence-electron chi connectivity index (χ4n) is 3.57. The van der Waals surface area contributed by atoms with E-state index in [1.54, 1.807) is 24.3 Å². The first-order chi connectivity index (χ1) is 16.1. The summed E-state index contributed by atoms with van der Waals surface area (Å²) in [5, 5.41) is 6.01. The number of carbonyl (C=O) groups is 2. The summed E-state index contributed by atoms with van der Waals surface area (Å²) in [4.78, 5) is 27.1. The molecule has 0 aliphatic rings. The van der Waals surface area contributed by atoms with Crippen LogP contribution >= 0.6 is 0 Å². The quantitative estimate of drug-likeness (QED) is 0.327. The SMILES string of the molecule is CCCCCCOc1cccc(NCC(=O)Nc2cccc(C(=O)N(CCC)CCC)c2)c1. The fourth-order valence-corrected chi connectivity index (χ4v) is 3.57. The normalized spacial score (nSPS) is 10.5. The van der Waals surface area contributed by atoms with Crippen molar-refractivity contribution in [3.05, 3.63) is 54.1 Å². The van der Waals surface area contributed by atoms with Crippen molar-refractivity contribution in [2.75, 3.05) is 36.9 Å². The molecule has 0 bridgehead atoms. The number of amides is 2. The number of anilines is 2. The van der Waals surface area contributed by atoms with Crippen LogP contribution in [-0.4, -0.2) is 43.0 Å². The van der Waals surface area contributed by atoms with Crippen LogP contribution in [0.5, 0.6) is 5.75 Å². The van der Waals surface area contributed by atoms with Crippen LogP contribution in [0, 0.1) is 0 Å². The summed E-state index contributed by atoms with van der Waals surface area (Å²) in [6.45, 7) is 8.60. The number of ether oxygens (including phenoxy) is 1. The molecule has 2 N–H and O–H groups in total. The van der Waals surface area contributed by atoms with Gasteiger partial charge in [0.15, 0.2) is 0 Å². The van der Waals surface area contributed by atoms with E-state index in [1.165, 1.54) is 19.3 Å². The van der Waals surface area contributed by atoms with Gasteiger partial charge < -0.3 is 20.3 Å². The molecule has 0 aromatic heterocycles. The van der Waals surface area contributed by atoms with E-state index in [2.05, 4.69) is 31.4 Å². The largest absolute Gasteiger partial charge is 0.494 e. The topological polar surface area (TPSA) is 70.7 Å². The van der Waals surface area contributed by atoms with Gasteiger partial charge in [-0.2, -0.15) is 0 Å². The van der Waals surface area contributed by atoms with Crippen LogP contribution in [0.15, 0.2) is 48.5 Å². The van der Waals surface area contributed by atoms with E-state index in [1.807, 2.05) is 29.2 Å². The van der Waals surface area contributed by atoms with Gasteiger partial charge in [0, 0.05) is 36.1 Å². The van der Waals surface area contributed by atoms with Gasteiger partial charge in [-0.15, -0.1) is 0 Å².